The molecule has 1 saturated carbocycles. The fourth-order valence-electron chi connectivity index (χ4n) is 3.12. The third-order valence-electron chi connectivity index (χ3n) is 5.00. The highest BCUT2D eigenvalue weighted by molar-refractivity contribution is 7.89. The minimum atomic E-state index is -3.76. The molecule has 2 aromatic rings. The lowest BCUT2D eigenvalue weighted by Gasteiger charge is -2.13. The van der Waals surface area contributed by atoms with E-state index in [0.29, 0.717) is 23.0 Å². The van der Waals surface area contributed by atoms with Crippen LogP contribution < -0.4 is 19.5 Å². The number of carbonyl (C=O) groups is 1. The van der Waals surface area contributed by atoms with Gasteiger partial charge in [-0.05, 0) is 61.6 Å². The van der Waals surface area contributed by atoms with Crippen LogP contribution in [0.4, 0.5) is 0 Å². The number of benzene rings is 2. The van der Waals surface area contributed by atoms with Crippen molar-refractivity contribution in [3.63, 3.8) is 0 Å². The summed E-state index contributed by atoms with van der Waals surface area (Å²) in [5.74, 6) is 1.51. The maximum atomic E-state index is 12.7. The first kappa shape index (κ1) is 18.8. The van der Waals surface area contributed by atoms with Gasteiger partial charge in [-0.15, -0.1) is 0 Å². The van der Waals surface area contributed by atoms with E-state index in [2.05, 4.69) is 10.0 Å². The van der Waals surface area contributed by atoms with E-state index in [4.69, 9.17) is 9.47 Å². The third-order valence-corrected chi connectivity index (χ3v) is 6.40. The van der Waals surface area contributed by atoms with Gasteiger partial charge in [-0.3, -0.25) is 4.79 Å². The molecule has 2 aliphatic rings. The summed E-state index contributed by atoms with van der Waals surface area (Å²) in [6.45, 7) is 2.25. The van der Waals surface area contributed by atoms with Crippen LogP contribution in [-0.2, 0) is 16.6 Å². The predicted molar refractivity (Wildman–Crippen MR) is 103 cm³/mol. The first-order chi connectivity index (χ1) is 13.4. The Hall–Kier alpha value is -2.58. The molecule has 28 heavy (non-hydrogen) atoms. The molecule has 1 heterocycles. The Morgan fingerprint density at radius 1 is 1.14 bits per heavy atom. The topological polar surface area (TPSA) is 93.7 Å². The van der Waals surface area contributed by atoms with Crippen LogP contribution in [0.5, 0.6) is 11.5 Å². The zero-order valence-electron chi connectivity index (χ0n) is 15.5. The van der Waals surface area contributed by atoms with Crippen LogP contribution in [0.1, 0.15) is 35.7 Å². The summed E-state index contributed by atoms with van der Waals surface area (Å²) < 4.78 is 38.4. The van der Waals surface area contributed by atoms with E-state index in [1.807, 2.05) is 6.92 Å². The highest BCUT2D eigenvalue weighted by Crippen LogP contribution is 2.33. The van der Waals surface area contributed by atoms with Gasteiger partial charge in [0.05, 0.1) is 4.90 Å². The van der Waals surface area contributed by atoms with Crippen molar-refractivity contribution < 1.29 is 22.7 Å². The second-order valence-corrected chi connectivity index (χ2v) is 8.91. The van der Waals surface area contributed by atoms with Crippen LogP contribution in [0.3, 0.4) is 0 Å². The Morgan fingerprint density at radius 3 is 2.71 bits per heavy atom. The van der Waals surface area contributed by atoms with Crippen LogP contribution in [0, 0.1) is 5.92 Å². The molecule has 7 nitrogen and oxygen atoms in total. The molecule has 148 valence electrons. The van der Waals surface area contributed by atoms with Crippen molar-refractivity contribution in [3.8, 4) is 11.5 Å². The molecule has 1 aliphatic heterocycles. The molecule has 1 unspecified atom stereocenters. The molecule has 2 aromatic carbocycles. The quantitative estimate of drug-likeness (QED) is 0.742. The molecule has 1 fully saturated rings. The SMILES string of the molecule is CC(NC(=O)c1cccc(S(=O)(=O)NCc2ccc3c(c2)OCO3)c1)C1CC1. The molecular formula is C20H22N2O5S. The molecule has 1 atom stereocenters. The number of fused-ring (bicyclic) bond motifs is 1. The number of hydrogen-bond donors (Lipinski definition) is 2. The minimum absolute atomic E-state index is 0.0555. The van der Waals surface area contributed by atoms with Crippen molar-refractivity contribution in [2.24, 2.45) is 5.92 Å². The number of hydrogen-bond acceptors (Lipinski definition) is 5. The molecule has 1 amide bonds. The smallest absolute Gasteiger partial charge is 0.251 e. The molecule has 0 radical (unpaired) electrons. The molecule has 4 rings (SSSR count). The van der Waals surface area contributed by atoms with Crippen molar-refractivity contribution >= 4 is 15.9 Å². The van der Waals surface area contributed by atoms with E-state index in [9.17, 15) is 13.2 Å². The normalized spacial score (nSPS) is 16.6. The predicted octanol–water partition coefficient (Wildman–Crippen LogP) is 2.42. The Labute approximate surface area is 164 Å². The number of amides is 1. The summed E-state index contributed by atoms with van der Waals surface area (Å²) in [7, 11) is -3.76. The van der Waals surface area contributed by atoms with Crippen LogP contribution in [0.25, 0.3) is 0 Å². The Kier molecular flexibility index (Phi) is 4.99. The van der Waals surface area contributed by atoms with Gasteiger partial charge in [0.15, 0.2) is 11.5 Å². The number of sulfonamides is 1. The molecular weight excluding hydrogens is 380 g/mol. The van der Waals surface area contributed by atoms with Gasteiger partial charge in [-0.1, -0.05) is 12.1 Å². The Morgan fingerprint density at radius 2 is 1.93 bits per heavy atom. The summed E-state index contributed by atoms with van der Waals surface area (Å²) in [5.41, 5.74) is 1.08. The van der Waals surface area contributed by atoms with Gasteiger partial charge in [0.25, 0.3) is 5.91 Å². The van der Waals surface area contributed by atoms with Gasteiger partial charge < -0.3 is 14.8 Å². The van der Waals surface area contributed by atoms with Gasteiger partial charge in [-0.25, -0.2) is 13.1 Å². The van der Waals surface area contributed by atoms with Crippen LogP contribution >= 0.6 is 0 Å². The van der Waals surface area contributed by atoms with Crippen molar-refractivity contribution in [2.45, 2.75) is 37.2 Å². The highest BCUT2D eigenvalue weighted by atomic mass is 32.2. The largest absolute Gasteiger partial charge is 0.454 e. The number of rotatable bonds is 7. The van der Waals surface area contributed by atoms with E-state index in [-0.39, 0.29) is 30.2 Å². The van der Waals surface area contributed by atoms with E-state index in [1.165, 1.54) is 12.1 Å². The molecule has 1 aliphatic carbocycles. The van der Waals surface area contributed by atoms with Crippen molar-refractivity contribution in [1.29, 1.82) is 0 Å². The summed E-state index contributed by atoms with van der Waals surface area (Å²) >= 11 is 0. The maximum absolute atomic E-state index is 12.7. The lowest BCUT2D eigenvalue weighted by Crippen LogP contribution is -2.34. The van der Waals surface area contributed by atoms with Crippen LogP contribution in [0.2, 0.25) is 0 Å². The Bertz CT molecular complexity index is 1000. The number of carbonyl (C=O) groups excluding carboxylic acids is 1. The van der Waals surface area contributed by atoms with Crippen LogP contribution in [0.15, 0.2) is 47.4 Å². The fourth-order valence-corrected chi connectivity index (χ4v) is 4.18. The average Bonchev–Trinajstić information content (AvgIpc) is 3.44. The first-order valence-electron chi connectivity index (χ1n) is 9.21. The zero-order chi connectivity index (χ0) is 19.7. The molecule has 0 aromatic heterocycles. The number of ether oxygens (including phenoxy) is 2. The van der Waals surface area contributed by atoms with E-state index < -0.39 is 10.0 Å². The maximum Gasteiger partial charge on any atom is 0.251 e. The van der Waals surface area contributed by atoms with E-state index >= 15 is 0 Å². The molecule has 0 saturated heterocycles. The second kappa shape index (κ2) is 7.44. The standard InChI is InChI=1S/C20H22N2O5S/c1-13(15-6-7-15)22-20(23)16-3-2-4-17(10-16)28(24,25)21-11-14-5-8-18-19(9-14)27-12-26-18/h2-5,8-10,13,15,21H,6-7,11-12H2,1H3,(H,22,23). The van der Waals surface area contributed by atoms with Gasteiger partial charge in [0.1, 0.15) is 0 Å². The molecule has 0 spiro atoms. The average molecular weight is 402 g/mol. The summed E-state index contributed by atoms with van der Waals surface area (Å²) in [6, 6.07) is 11.4. The lowest BCUT2D eigenvalue weighted by molar-refractivity contribution is 0.0935. The zero-order valence-corrected chi connectivity index (χ0v) is 16.3. The molecule has 2 N–H and O–H groups in total. The fraction of sp³-hybridized carbons (Fsp3) is 0.350. The summed E-state index contributed by atoms with van der Waals surface area (Å²) in [4.78, 5) is 12.5. The monoisotopic (exact) mass is 402 g/mol. The lowest BCUT2D eigenvalue weighted by atomic mass is 10.1. The van der Waals surface area contributed by atoms with Gasteiger partial charge in [0, 0.05) is 18.2 Å². The first-order valence-corrected chi connectivity index (χ1v) is 10.7. The van der Waals surface area contributed by atoms with Gasteiger partial charge >= 0.3 is 0 Å². The molecule has 0 bridgehead atoms. The highest BCUT2D eigenvalue weighted by Gasteiger charge is 2.29. The molecule has 8 heteroatoms. The van der Waals surface area contributed by atoms with E-state index in [1.54, 1.807) is 30.3 Å². The van der Waals surface area contributed by atoms with E-state index in [0.717, 1.165) is 18.4 Å². The van der Waals surface area contributed by atoms with Crippen molar-refractivity contribution in [2.75, 3.05) is 6.79 Å². The van der Waals surface area contributed by atoms with Crippen LogP contribution in [-0.4, -0.2) is 27.2 Å². The second-order valence-electron chi connectivity index (χ2n) is 7.14. The Balaban J connectivity index is 1.44. The van der Waals surface area contributed by atoms with Crippen molar-refractivity contribution in [1.82, 2.24) is 10.0 Å². The number of nitrogens with one attached hydrogen (secondary N) is 2. The summed E-state index contributed by atoms with van der Waals surface area (Å²) in [5, 5.41) is 2.94. The van der Waals surface area contributed by atoms with Gasteiger partial charge in [-0.2, -0.15) is 0 Å². The van der Waals surface area contributed by atoms with Crippen molar-refractivity contribution in [3.05, 3.63) is 53.6 Å². The van der Waals surface area contributed by atoms with Gasteiger partial charge in [0.2, 0.25) is 16.8 Å². The third kappa shape index (κ3) is 4.13. The summed E-state index contributed by atoms with van der Waals surface area (Å²) in [6.07, 6.45) is 2.25. The minimum Gasteiger partial charge on any atom is -0.454 e.